The molecule has 4 aliphatic rings. The van der Waals surface area contributed by atoms with Crippen molar-refractivity contribution >= 4 is 12.0 Å². The molecule has 6 nitrogen and oxygen atoms in total. The summed E-state index contributed by atoms with van der Waals surface area (Å²) in [5.41, 5.74) is 1.77. The molecule has 1 aromatic heterocycles. The zero-order valence-corrected chi connectivity index (χ0v) is 17.9. The van der Waals surface area contributed by atoms with Gasteiger partial charge in [-0.05, 0) is 57.1 Å². The van der Waals surface area contributed by atoms with Crippen LogP contribution in [-0.4, -0.2) is 57.7 Å². The summed E-state index contributed by atoms with van der Waals surface area (Å²) in [5.74, 6) is 0.833. The minimum atomic E-state index is -0.261. The molecule has 30 heavy (non-hydrogen) atoms. The van der Waals surface area contributed by atoms with Gasteiger partial charge in [0.25, 0.3) is 5.56 Å². The Kier molecular flexibility index (Phi) is 5.31. The second kappa shape index (κ2) is 7.97. The van der Waals surface area contributed by atoms with E-state index in [0.717, 1.165) is 38.2 Å². The van der Waals surface area contributed by atoms with Crippen LogP contribution in [0.15, 0.2) is 23.0 Å². The average Bonchev–Trinajstić information content (AvgIpc) is 3.43. The summed E-state index contributed by atoms with van der Waals surface area (Å²) in [6.07, 6.45) is 9.53. The van der Waals surface area contributed by atoms with Crippen LogP contribution >= 0.6 is 0 Å². The van der Waals surface area contributed by atoms with Gasteiger partial charge in [0.15, 0.2) is 0 Å². The van der Waals surface area contributed by atoms with E-state index in [1.807, 2.05) is 34.6 Å². The van der Waals surface area contributed by atoms with Crippen LogP contribution in [0.25, 0.3) is 6.08 Å². The molecule has 1 saturated carbocycles. The number of aliphatic hydroxyl groups is 1. The number of aliphatic hydroxyl groups excluding tert-OH is 1. The number of pyridine rings is 1. The van der Waals surface area contributed by atoms with E-state index in [-0.39, 0.29) is 42.0 Å². The zero-order chi connectivity index (χ0) is 20.8. The molecule has 162 valence electrons. The van der Waals surface area contributed by atoms with Crippen molar-refractivity contribution in [2.75, 3.05) is 26.2 Å². The summed E-state index contributed by atoms with van der Waals surface area (Å²) < 4.78 is 1.90. The second-order valence-electron chi connectivity index (χ2n) is 9.56. The van der Waals surface area contributed by atoms with Crippen molar-refractivity contribution in [2.45, 2.75) is 57.7 Å². The van der Waals surface area contributed by atoms with E-state index in [4.69, 9.17) is 0 Å². The van der Waals surface area contributed by atoms with Crippen molar-refractivity contribution in [2.24, 2.45) is 17.8 Å². The Bertz CT molecular complexity index is 897. The maximum absolute atomic E-state index is 13.6. The van der Waals surface area contributed by atoms with Crippen LogP contribution in [0.2, 0.25) is 0 Å². The molecule has 5 rings (SSSR count). The number of amides is 1. The molecule has 6 heteroatoms. The Morgan fingerprint density at radius 1 is 1.20 bits per heavy atom. The van der Waals surface area contributed by atoms with Crippen molar-refractivity contribution in [3.63, 3.8) is 0 Å². The molecule has 1 aromatic rings. The number of likely N-dealkylation sites (tertiary alicyclic amines) is 2. The summed E-state index contributed by atoms with van der Waals surface area (Å²) >= 11 is 0. The molecule has 4 heterocycles. The predicted molar refractivity (Wildman–Crippen MR) is 116 cm³/mol. The van der Waals surface area contributed by atoms with Gasteiger partial charge < -0.3 is 14.6 Å². The van der Waals surface area contributed by atoms with Gasteiger partial charge in [0, 0.05) is 55.9 Å². The first kappa shape index (κ1) is 20.0. The third kappa shape index (κ3) is 3.25. The Balaban J connectivity index is 1.53. The molecular formula is C24H33N3O3. The first-order valence-electron chi connectivity index (χ1n) is 11.7. The van der Waals surface area contributed by atoms with E-state index in [2.05, 4.69) is 11.0 Å². The fraction of sp³-hybridized carbons (Fsp3) is 0.667. The van der Waals surface area contributed by atoms with Crippen LogP contribution in [0.3, 0.4) is 0 Å². The van der Waals surface area contributed by atoms with E-state index in [9.17, 15) is 14.7 Å². The molecule has 1 N–H and O–H groups in total. The lowest BCUT2D eigenvalue weighted by atomic mass is 9.88. The summed E-state index contributed by atoms with van der Waals surface area (Å²) in [4.78, 5) is 31.1. The number of carbonyl (C=O) groups excluding carboxylic acids is 1. The Hall–Kier alpha value is -1.92. The predicted octanol–water partition coefficient (Wildman–Crippen LogP) is 2.27. The summed E-state index contributed by atoms with van der Waals surface area (Å²) in [7, 11) is 0. The summed E-state index contributed by atoms with van der Waals surface area (Å²) in [5, 5.41) is 10.4. The molecule has 2 saturated heterocycles. The minimum Gasteiger partial charge on any atom is -0.396 e. The van der Waals surface area contributed by atoms with Crippen molar-refractivity contribution in [3.05, 3.63) is 39.8 Å². The van der Waals surface area contributed by atoms with Gasteiger partial charge in [0.05, 0.1) is 12.1 Å². The van der Waals surface area contributed by atoms with Gasteiger partial charge in [-0.3, -0.25) is 14.5 Å². The van der Waals surface area contributed by atoms with E-state index < -0.39 is 0 Å². The number of nitrogens with zero attached hydrogens (tertiary/aromatic N) is 3. The molecule has 0 aromatic carbocycles. The van der Waals surface area contributed by atoms with Crippen LogP contribution in [0.4, 0.5) is 0 Å². The second-order valence-corrected chi connectivity index (χ2v) is 9.56. The fourth-order valence-electron chi connectivity index (χ4n) is 6.02. The first-order valence-corrected chi connectivity index (χ1v) is 11.7. The van der Waals surface area contributed by atoms with Gasteiger partial charge in [0.2, 0.25) is 5.91 Å². The van der Waals surface area contributed by atoms with Crippen LogP contribution in [-0.2, 0) is 11.3 Å². The van der Waals surface area contributed by atoms with Crippen molar-refractivity contribution in [3.8, 4) is 0 Å². The average molecular weight is 412 g/mol. The van der Waals surface area contributed by atoms with Crippen molar-refractivity contribution < 1.29 is 9.90 Å². The number of rotatable bonds is 5. The van der Waals surface area contributed by atoms with Gasteiger partial charge in [-0.2, -0.15) is 0 Å². The highest BCUT2D eigenvalue weighted by Crippen LogP contribution is 2.51. The number of carbonyl (C=O) groups is 1. The maximum Gasteiger partial charge on any atom is 0.258 e. The van der Waals surface area contributed by atoms with E-state index in [0.29, 0.717) is 18.0 Å². The molecule has 1 amide bonds. The van der Waals surface area contributed by atoms with Gasteiger partial charge in [0.1, 0.15) is 0 Å². The fourth-order valence-corrected chi connectivity index (χ4v) is 6.02. The summed E-state index contributed by atoms with van der Waals surface area (Å²) in [6, 6.07) is 3.78. The maximum atomic E-state index is 13.6. The van der Waals surface area contributed by atoms with E-state index >= 15 is 0 Å². The Labute approximate surface area is 178 Å². The van der Waals surface area contributed by atoms with Crippen molar-refractivity contribution in [1.29, 1.82) is 0 Å². The Morgan fingerprint density at radius 3 is 2.63 bits per heavy atom. The van der Waals surface area contributed by atoms with E-state index in [1.165, 1.54) is 19.3 Å². The molecule has 1 aliphatic carbocycles. The quantitative estimate of drug-likeness (QED) is 0.807. The van der Waals surface area contributed by atoms with Gasteiger partial charge in [-0.1, -0.05) is 12.2 Å². The van der Waals surface area contributed by atoms with Crippen LogP contribution < -0.4 is 5.56 Å². The lowest BCUT2D eigenvalue weighted by molar-refractivity contribution is -0.139. The van der Waals surface area contributed by atoms with Crippen LogP contribution in [0.1, 0.15) is 56.3 Å². The monoisotopic (exact) mass is 411 g/mol. The normalized spacial score (nSPS) is 31.3. The Morgan fingerprint density at radius 2 is 1.97 bits per heavy atom. The molecular weight excluding hydrogens is 378 g/mol. The van der Waals surface area contributed by atoms with Gasteiger partial charge >= 0.3 is 0 Å². The van der Waals surface area contributed by atoms with Gasteiger partial charge in [-0.25, -0.2) is 0 Å². The lowest BCUT2D eigenvalue weighted by Crippen LogP contribution is -2.51. The highest BCUT2D eigenvalue weighted by atomic mass is 16.3. The minimum absolute atomic E-state index is 0.00294. The SMILES string of the molecule is C/C=C\c1ccc2n(c1=O)C[C@H]1[C@H](CO)[C@@H](C(=O)N3CCCCC3)N(CC3CC3)[C@@H]21. The molecule has 0 radical (unpaired) electrons. The van der Waals surface area contributed by atoms with Crippen LogP contribution in [0.5, 0.6) is 0 Å². The highest BCUT2D eigenvalue weighted by Gasteiger charge is 2.56. The number of hydrogen-bond donors (Lipinski definition) is 1. The molecule has 4 atom stereocenters. The highest BCUT2D eigenvalue weighted by molar-refractivity contribution is 5.83. The third-order valence-electron chi connectivity index (χ3n) is 7.65. The van der Waals surface area contributed by atoms with Crippen LogP contribution in [0, 0.1) is 17.8 Å². The smallest absolute Gasteiger partial charge is 0.258 e. The summed E-state index contributed by atoms with van der Waals surface area (Å²) in [6.45, 7) is 5.08. The molecule has 0 bridgehead atoms. The number of fused-ring (bicyclic) bond motifs is 3. The third-order valence-corrected chi connectivity index (χ3v) is 7.65. The van der Waals surface area contributed by atoms with E-state index in [1.54, 1.807) is 0 Å². The van der Waals surface area contributed by atoms with Gasteiger partial charge in [-0.15, -0.1) is 0 Å². The largest absolute Gasteiger partial charge is 0.396 e. The first-order chi connectivity index (χ1) is 14.6. The lowest BCUT2D eigenvalue weighted by Gasteiger charge is -2.36. The number of piperidine rings is 1. The zero-order valence-electron chi connectivity index (χ0n) is 17.9. The number of hydrogen-bond acceptors (Lipinski definition) is 4. The molecule has 0 spiro atoms. The number of allylic oxidation sites excluding steroid dienone is 1. The molecule has 3 fully saturated rings. The van der Waals surface area contributed by atoms with Crippen molar-refractivity contribution in [1.82, 2.24) is 14.4 Å². The standard InChI is InChI=1S/C24H33N3O3/c1-2-6-17-9-10-20-21-18(14-26(20)23(17)29)19(15-28)22(27(21)13-16-7-8-16)24(30)25-11-4-3-5-12-25/h2,6,9-10,16,18-19,21-22,28H,3-5,7-8,11-15H2,1H3/b6-2-/t18-,19-,21+,22-/m0/s1. The number of aromatic nitrogens is 1. The molecule has 3 aliphatic heterocycles. The topological polar surface area (TPSA) is 65.8 Å². The molecule has 0 unspecified atom stereocenters.